The van der Waals surface area contributed by atoms with E-state index in [9.17, 15) is 15.0 Å². The minimum Gasteiger partial charge on any atom is -0.465 e. The Bertz CT molecular complexity index is 248. The van der Waals surface area contributed by atoms with Gasteiger partial charge in [0, 0.05) is 6.42 Å². The van der Waals surface area contributed by atoms with Crippen LogP contribution in [0.15, 0.2) is 0 Å². The molecule has 4 heteroatoms. The van der Waals surface area contributed by atoms with Crippen molar-refractivity contribution in [1.29, 1.82) is 0 Å². The molecule has 0 aromatic carbocycles. The highest BCUT2D eigenvalue weighted by molar-refractivity contribution is 5.81. The first-order valence-corrected chi connectivity index (χ1v) is 4.58. The van der Waals surface area contributed by atoms with Crippen LogP contribution in [0.5, 0.6) is 0 Å². The minimum atomic E-state index is -1.32. The fourth-order valence-electron chi connectivity index (χ4n) is 2.48. The van der Waals surface area contributed by atoms with Gasteiger partial charge < -0.3 is 14.9 Å². The molecule has 74 valence electrons. The second-order valence-corrected chi connectivity index (χ2v) is 4.17. The van der Waals surface area contributed by atoms with E-state index < -0.39 is 17.1 Å². The molecule has 1 saturated heterocycles. The largest absolute Gasteiger partial charge is 0.465 e. The van der Waals surface area contributed by atoms with E-state index in [-0.39, 0.29) is 5.97 Å². The Labute approximate surface area is 76.5 Å². The van der Waals surface area contributed by atoms with Crippen molar-refractivity contribution < 1.29 is 19.7 Å². The van der Waals surface area contributed by atoms with Crippen LogP contribution in [-0.4, -0.2) is 34.5 Å². The molecule has 1 heterocycles. The first-order chi connectivity index (χ1) is 6.01. The maximum Gasteiger partial charge on any atom is 0.315 e. The van der Waals surface area contributed by atoms with Crippen LogP contribution < -0.4 is 0 Å². The minimum absolute atomic E-state index is 0.353. The molecule has 0 bridgehead atoms. The molecule has 13 heavy (non-hydrogen) atoms. The van der Waals surface area contributed by atoms with Crippen LogP contribution in [0.3, 0.4) is 0 Å². The highest BCUT2D eigenvalue weighted by Gasteiger charge is 2.63. The number of cyclic esters (lactones) is 1. The summed E-state index contributed by atoms with van der Waals surface area (Å²) in [5.41, 5.74) is -2.16. The molecular formula is C9H14O4. The lowest BCUT2D eigenvalue weighted by atomic mass is 9.73. The molecule has 1 aliphatic heterocycles. The van der Waals surface area contributed by atoms with E-state index in [2.05, 4.69) is 0 Å². The van der Waals surface area contributed by atoms with Gasteiger partial charge in [-0.25, -0.2) is 0 Å². The Kier molecular flexibility index (Phi) is 1.69. The number of aliphatic hydroxyl groups is 2. The van der Waals surface area contributed by atoms with Crippen molar-refractivity contribution in [3.05, 3.63) is 0 Å². The average molecular weight is 186 g/mol. The Morgan fingerprint density at radius 1 is 1.54 bits per heavy atom. The van der Waals surface area contributed by atoms with Crippen LogP contribution in [-0.2, 0) is 9.53 Å². The summed E-state index contributed by atoms with van der Waals surface area (Å²) in [4.78, 5) is 11.5. The predicted molar refractivity (Wildman–Crippen MR) is 43.9 cm³/mol. The highest BCUT2D eigenvalue weighted by Crippen LogP contribution is 2.52. The number of aliphatic hydroxyl groups excluding tert-OH is 1. The van der Waals surface area contributed by atoms with Crippen molar-refractivity contribution in [3.8, 4) is 0 Å². The highest BCUT2D eigenvalue weighted by atomic mass is 16.5. The number of ether oxygens (including phenoxy) is 1. The summed E-state index contributed by atoms with van der Waals surface area (Å²) in [5.74, 6) is -0.353. The third-order valence-electron chi connectivity index (χ3n) is 3.62. The van der Waals surface area contributed by atoms with Crippen LogP contribution in [0, 0.1) is 5.41 Å². The summed E-state index contributed by atoms with van der Waals surface area (Å²) in [7, 11) is 0. The van der Waals surface area contributed by atoms with Crippen LogP contribution in [0.2, 0.25) is 0 Å². The number of hydrogen-bond acceptors (Lipinski definition) is 4. The summed E-state index contributed by atoms with van der Waals surface area (Å²) in [6.45, 7) is 1.89. The van der Waals surface area contributed by atoms with Gasteiger partial charge in [0.1, 0.15) is 11.0 Å². The molecule has 2 aliphatic rings. The van der Waals surface area contributed by atoms with E-state index in [1.165, 1.54) is 6.92 Å². The number of esters is 1. The predicted octanol–water partition coefficient (Wildman–Crippen LogP) is -0.175. The first-order valence-electron chi connectivity index (χ1n) is 4.58. The Morgan fingerprint density at radius 3 is 2.62 bits per heavy atom. The molecule has 1 spiro atoms. The SMILES string of the molecule is C[C@]1(O)[C@@H](O)CC[C@@]12CCOC2=O. The van der Waals surface area contributed by atoms with Crippen molar-refractivity contribution >= 4 is 5.97 Å². The molecule has 0 amide bonds. The van der Waals surface area contributed by atoms with E-state index >= 15 is 0 Å². The normalized spacial score (nSPS) is 50.1. The molecular weight excluding hydrogens is 172 g/mol. The Balaban J connectivity index is 2.38. The summed E-state index contributed by atoms with van der Waals surface area (Å²) in [6, 6.07) is 0. The summed E-state index contributed by atoms with van der Waals surface area (Å²) < 4.78 is 4.86. The van der Waals surface area contributed by atoms with E-state index in [1.54, 1.807) is 0 Å². The Hall–Kier alpha value is -0.610. The second kappa shape index (κ2) is 2.45. The van der Waals surface area contributed by atoms with Gasteiger partial charge in [-0.2, -0.15) is 0 Å². The zero-order valence-electron chi connectivity index (χ0n) is 7.62. The van der Waals surface area contributed by atoms with Gasteiger partial charge in [-0.05, 0) is 19.8 Å². The lowest BCUT2D eigenvalue weighted by Crippen LogP contribution is -2.50. The van der Waals surface area contributed by atoms with Crippen molar-refractivity contribution in [2.45, 2.75) is 37.9 Å². The van der Waals surface area contributed by atoms with Gasteiger partial charge >= 0.3 is 5.97 Å². The molecule has 0 aromatic heterocycles. The van der Waals surface area contributed by atoms with Gasteiger partial charge in [0.25, 0.3) is 0 Å². The molecule has 4 nitrogen and oxygen atoms in total. The van der Waals surface area contributed by atoms with Crippen molar-refractivity contribution in [3.63, 3.8) is 0 Å². The number of hydrogen-bond donors (Lipinski definition) is 2. The van der Waals surface area contributed by atoms with Crippen molar-refractivity contribution in [2.75, 3.05) is 6.61 Å². The quantitative estimate of drug-likeness (QED) is 0.515. The van der Waals surface area contributed by atoms with Gasteiger partial charge in [-0.3, -0.25) is 4.79 Å². The number of rotatable bonds is 0. The molecule has 0 radical (unpaired) electrons. The van der Waals surface area contributed by atoms with Gasteiger partial charge in [0.2, 0.25) is 0 Å². The Morgan fingerprint density at radius 2 is 2.23 bits per heavy atom. The smallest absolute Gasteiger partial charge is 0.315 e. The first kappa shape index (κ1) is 8.97. The van der Waals surface area contributed by atoms with Gasteiger partial charge in [0.05, 0.1) is 12.7 Å². The fourth-order valence-corrected chi connectivity index (χ4v) is 2.48. The summed E-state index contributed by atoms with van der Waals surface area (Å²) in [5, 5.41) is 19.6. The lowest BCUT2D eigenvalue weighted by molar-refractivity contribution is -0.163. The zero-order valence-corrected chi connectivity index (χ0v) is 7.62. The van der Waals surface area contributed by atoms with Gasteiger partial charge in [-0.1, -0.05) is 0 Å². The molecule has 2 rings (SSSR count). The molecule has 0 unspecified atom stereocenters. The van der Waals surface area contributed by atoms with Crippen LogP contribution >= 0.6 is 0 Å². The van der Waals surface area contributed by atoms with Crippen LogP contribution in [0.1, 0.15) is 26.2 Å². The molecule has 0 aromatic rings. The van der Waals surface area contributed by atoms with Crippen LogP contribution in [0.4, 0.5) is 0 Å². The third-order valence-corrected chi connectivity index (χ3v) is 3.62. The van der Waals surface area contributed by atoms with Crippen molar-refractivity contribution in [2.24, 2.45) is 5.41 Å². The third kappa shape index (κ3) is 0.901. The monoisotopic (exact) mass is 186 g/mol. The summed E-state index contributed by atoms with van der Waals surface area (Å²) in [6.07, 6.45) is 0.719. The van der Waals surface area contributed by atoms with E-state index in [0.29, 0.717) is 25.9 Å². The maximum atomic E-state index is 11.5. The van der Waals surface area contributed by atoms with Gasteiger partial charge in [0.15, 0.2) is 0 Å². The average Bonchev–Trinajstić information content (AvgIpc) is 2.52. The van der Waals surface area contributed by atoms with Gasteiger partial charge in [-0.15, -0.1) is 0 Å². The number of carbonyl (C=O) groups is 1. The topological polar surface area (TPSA) is 66.8 Å². The van der Waals surface area contributed by atoms with E-state index in [1.807, 2.05) is 0 Å². The molecule has 1 aliphatic carbocycles. The van der Waals surface area contributed by atoms with Crippen LogP contribution in [0.25, 0.3) is 0 Å². The molecule has 2 N–H and O–H groups in total. The van der Waals surface area contributed by atoms with Crippen molar-refractivity contribution in [1.82, 2.24) is 0 Å². The summed E-state index contributed by atoms with van der Waals surface area (Å²) >= 11 is 0. The lowest BCUT2D eigenvalue weighted by Gasteiger charge is -2.34. The molecule has 1 saturated carbocycles. The molecule has 2 fully saturated rings. The second-order valence-electron chi connectivity index (χ2n) is 4.17. The van der Waals surface area contributed by atoms with E-state index in [4.69, 9.17) is 4.74 Å². The standard InChI is InChI=1S/C9H14O4/c1-8(12)6(10)2-3-9(8)4-5-13-7(9)11/h6,10,12H,2-5H2,1H3/t6-,8-,9-/m0/s1. The zero-order chi connectivity index (χ0) is 9.69. The maximum absolute atomic E-state index is 11.5. The molecule has 3 atom stereocenters. The van der Waals surface area contributed by atoms with E-state index in [0.717, 1.165) is 0 Å². The number of carbonyl (C=O) groups excluding carboxylic acids is 1. The fraction of sp³-hybridized carbons (Fsp3) is 0.889.